The number of rotatable bonds is 5. The van der Waals surface area contributed by atoms with Crippen molar-refractivity contribution in [3.8, 4) is 0 Å². The SMILES string of the molecule is COC(=O)Cn1ncc(NCc2sccc2C)c(Br)c1=O. The zero-order chi connectivity index (χ0) is 15.4. The van der Waals surface area contributed by atoms with Gasteiger partial charge in [-0.2, -0.15) is 5.10 Å². The van der Waals surface area contributed by atoms with Gasteiger partial charge in [-0.15, -0.1) is 11.3 Å². The standard InChI is InChI=1S/C13H14BrN3O3S/c1-8-3-4-21-10(8)6-15-9-5-16-17(7-11(18)20-2)13(19)12(9)14/h3-5,15H,6-7H2,1-2H3. The van der Waals surface area contributed by atoms with Gasteiger partial charge in [0, 0.05) is 11.4 Å². The van der Waals surface area contributed by atoms with Gasteiger partial charge in [0.05, 0.1) is 19.0 Å². The van der Waals surface area contributed by atoms with E-state index in [-0.39, 0.29) is 12.1 Å². The topological polar surface area (TPSA) is 73.2 Å². The highest BCUT2D eigenvalue weighted by molar-refractivity contribution is 9.10. The second-order valence-electron chi connectivity index (χ2n) is 4.29. The lowest BCUT2D eigenvalue weighted by Gasteiger charge is -2.09. The predicted octanol–water partition coefficient (Wildman–Crippen LogP) is 2.16. The lowest BCUT2D eigenvalue weighted by molar-refractivity contribution is -0.141. The summed E-state index contributed by atoms with van der Waals surface area (Å²) in [6.07, 6.45) is 1.51. The molecule has 0 amide bonds. The number of hydrogen-bond acceptors (Lipinski definition) is 6. The van der Waals surface area contributed by atoms with Crippen molar-refractivity contribution in [2.45, 2.75) is 20.0 Å². The van der Waals surface area contributed by atoms with E-state index in [1.54, 1.807) is 11.3 Å². The van der Waals surface area contributed by atoms with Crippen LogP contribution in [0.5, 0.6) is 0 Å². The molecule has 2 heterocycles. The Morgan fingerprint density at radius 3 is 2.95 bits per heavy atom. The molecular weight excluding hydrogens is 358 g/mol. The molecule has 0 aliphatic carbocycles. The third-order valence-corrected chi connectivity index (χ3v) is 4.69. The Kier molecular flexibility index (Phi) is 5.13. The van der Waals surface area contributed by atoms with Crippen molar-refractivity contribution in [2.24, 2.45) is 0 Å². The van der Waals surface area contributed by atoms with Gasteiger partial charge in [-0.3, -0.25) is 9.59 Å². The highest BCUT2D eigenvalue weighted by Gasteiger charge is 2.12. The molecule has 112 valence electrons. The fourth-order valence-corrected chi connectivity index (χ4v) is 2.94. The van der Waals surface area contributed by atoms with Crippen LogP contribution in [0.2, 0.25) is 0 Å². The molecule has 0 radical (unpaired) electrons. The molecule has 8 heteroatoms. The molecule has 2 rings (SSSR count). The number of hydrogen-bond donors (Lipinski definition) is 1. The molecule has 0 fully saturated rings. The first-order chi connectivity index (χ1) is 10.0. The van der Waals surface area contributed by atoms with Crippen LogP contribution in [0, 0.1) is 6.92 Å². The number of aromatic nitrogens is 2. The number of carbonyl (C=O) groups is 1. The second kappa shape index (κ2) is 6.86. The number of anilines is 1. The minimum Gasteiger partial charge on any atom is -0.468 e. The Bertz CT molecular complexity index is 711. The number of esters is 1. The van der Waals surface area contributed by atoms with Gasteiger partial charge in [0.25, 0.3) is 5.56 Å². The van der Waals surface area contributed by atoms with Crippen molar-refractivity contribution in [3.63, 3.8) is 0 Å². The summed E-state index contributed by atoms with van der Waals surface area (Å²) in [4.78, 5) is 24.5. The van der Waals surface area contributed by atoms with Crippen molar-refractivity contribution in [1.82, 2.24) is 9.78 Å². The van der Waals surface area contributed by atoms with Crippen LogP contribution in [-0.2, 0) is 22.6 Å². The van der Waals surface area contributed by atoms with Crippen LogP contribution < -0.4 is 10.9 Å². The highest BCUT2D eigenvalue weighted by atomic mass is 79.9. The molecule has 0 atom stereocenters. The molecule has 2 aromatic heterocycles. The molecule has 0 aliphatic heterocycles. The average molecular weight is 372 g/mol. The molecule has 0 spiro atoms. The Balaban J connectivity index is 2.15. The van der Waals surface area contributed by atoms with Crippen molar-refractivity contribution in [2.75, 3.05) is 12.4 Å². The number of nitrogens with one attached hydrogen (secondary N) is 1. The van der Waals surface area contributed by atoms with Crippen LogP contribution in [0.25, 0.3) is 0 Å². The zero-order valence-corrected chi connectivity index (χ0v) is 14.0. The minimum atomic E-state index is -0.522. The van der Waals surface area contributed by atoms with Gasteiger partial charge in [-0.05, 0) is 39.9 Å². The number of halogens is 1. The summed E-state index contributed by atoms with van der Waals surface area (Å²) >= 11 is 4.89. The normalized spacial score (nSPS) is 10.4. The maximum absolute atomic E-state index is 12.1. The summed E-state index contributed by atoms with van der Waals surface area (Å²) in [5.74, 6) is -0.522. The van der Waals surface area contributed by atoms with Crippen LogP contribution in [0.3, 0.4) is 0 Å². The quantitative estimate of drug-likeness (QED) is 0.815. The van der Waals surface area contributed by atoms with E-state index in [2.05, 4.69) is 31.1 Å². The van der Waals surface area contributed by atoms with E-state index in [1.807, 2.05) is 18.4 Å². The molecule has 0 saturated carbocycles. The molecule has 0 aliphatic rings. The molecule has 0 unspecified atom stereocenters. The second-order valence-corrected chi connectivity index (χ2v) is 6.09. The summed E-state index contributed by atoms with van der Waals surface area (Å²) in [7, 11) is 1.27. The highest BCUT2D eigenvalue weighted by Crippen LogP contribution is 2.20. The maximum Gasteiger partial charge on any atom is 0.327 e. The zero-order valence-electron chi connectivity index (χ0n) is 11.6. The van der Waals surface area contributed by atoms with Gasteiger partial charge in [0.1, 0.15) is 11.0 Å². The van der Waals surface area contributed by atoms with E-state index in [4.69, 9.17) is 0 Å². The summed E-state index contributed by atoms with van der Waals surface area (Å²) in [6.45, 7) is 2.44. The third kappa shape index (κ3) is 3.70. The first kappa shape index (κ1) is 15.7. The first-order valence-electron chi connectivity index (χ1n) is 6.12. The largest absolute Gasteiger partial charge is 0.468 e. The van der Waals surface area contributed by atoms with Crippen LogP contribution in [-0.4, -0.2) is 22.9 Å². The van der Waals surface area contributed by atoms with Gasteiger partial charge in [0.15, 0.2) is 0 Å². The molecule has 0 aromatic carbocycles. The first-order valence-corrected chi connectivity index (χ1v) is 7.79. The molecule has 0 saturated heterocycles. The average Bonchev–Trinajstić information content (AvgIpc) is 2.88. The van der Waals surface area contributed by atoms with Crippen molar-refractivity contribution in [3.05, 3.63) is 42.9 Å². The smallest absolute Gasteiger partial charge is 0.327 e. The number of thiophene rings is 1. The lowest BCUT2D eigenvalue weighted by Crippen LogP contribution is -2.28. The van der Waals surface area contributed by atoms with Crippen molar-refractivity contribution >= 4 is 38.9 Å². The van der Waals surface area contributed by atoms with Gasteiger partial charge in [-0.25, -0.2) is 4.68 Å². The summed E-state index contributed by atoms with van der Waals surface area (Å²) in [6, 6.07) is 2.04. The van der Waals surface area contributed by atoms with E-state index in [9.17, 15) is 9.59 Å². The number of ether oxygens (including phenoxy) is 1. The van der Waals surface area contributed by atoms with E-state index in [1.165, 1.54) is 23.7 Å². The molecular formula is C13H14BrN3O3S. The van der Waals surface area contributed by atoms with Crippen LogP contribution >= 0.6 is 27.3 Å². The number of carbonyl (C=O) groups excluding carboxylic acids is 1. The number of aryl methyl sites for hydroxylation is 1. The van der Waals surface area contributed by atoms with E-state index < -0.39 is 5.97 Å². The van der Waals surface area contributed by atoms with Gasteiger partial charge < -0.3 is 10.1 Å². The fraction of sp³-hybridized carbons (Fsp3) is 0.308. The Morgan fingerprint density at radius 2 is 2.33 bits per heavy atom. The molecule has 1 N–H and O–H groups in total. The molecule has 0 bridgehead atoms. The number of nitrogens with zero attached hydrogens (tertiary/aromatic N) is 2. The van der Waals surface area contributed by atoms with Crippen LogP contribution in [0.15, 0.2) is 26.9 Å². The van der Waals surface area contributed by atoms with Gasteiger partial charge >= 0.3 is 5.97 Å². The van der Waals surface area contributed by atoms with Crippen molar-refractivity contribution in [1.29, 1.82) is 0 Å². The predicted molar refractivity (Wildman–Crippen MR) is 84.6 cm³/mol. The Morgan fingerprint density at radius 1 is 1.57 bits per heavy atom. The van der Waals surface area contributed by atoms with Gasteiger partial charge in [-0.1, -0.05) is 0 Å². The maximum atomic E-state index is 12.1. The minimum absolute atomic E-state index is 0.210. The summed E-state index contributed by atoms with van der Waals surface area (Å²) < 4.78 is 5.92. The van der Waals surface area contributed by atoms with Crippen molar-refractivity contribution < 1.29 is 9.53 Å². The van der Waals surface area contributed by atoms with E-state index in [0.29, 0.717) is 16.7 Å². The van der Waals surface area contributed by atoms with E-state index >= 15 is 0 Å². The molecule has 21 heavy (non-hydrogen) atoms. The lowest BCUT2D eigenvalue weighted by atomic mass is 10.3. The van der Waals surface area contributed by atoms with Crippen LogP contribution in [0.4, 0.5) is 5.69 Å². The van der Waals surface area contributed by atoms with Crippen LogP contribution in [0.1, 0.15) is 10.4 Å². The molecule has 6 nitrogen and oxygen atoms in total. The Hall–Kier alpha value is -1.67. The fourth-order valence-electron chi connectivity index (χ4n) is 1.65. The summed E-state index contributed by atoms with van der Waals surface area (Å²) in [5, 5.41) is 9.15. The number of methoxy groups -OCH3 is 1. The van der Waals surface area contributed by atoms with E-state index in [0.717, 1.165) is 4.68 Å². The monoisotopic (exact) mass is 371 g/mol. The molecule has 2 aromatic rings. The third-order valence-electron chi connectivity index (χ3n) is 2.90. The van der Waals surface area contributed by atoms with Gasteiger partial charge in [0.2, 0.25) is 0 Å². The summed E-state index contributed by atoms with van der Waals surface area (Å²) in [5.41, 5.74) is 1.41. The Labute approximate surface area is 133 Å².